The molecule has 0 atom stereocenters. The highest BCUT2D eigenvalue weighted by atomic mass is 32.2. The number of nitrogens with zero attached hydrogens (tertiary/aromatic N) is 1. The summed E-state index contributed by atoms with van der Waals surface area (Å²) in [6, 6.07) is 71.9. The Kier molecular flexibility index (Phi) is 7.33. The molecule has 0 aliphatic carbocycles. The third-order valence-corrected chi connectivity index (χ3v) is 11.5. The van der Waals surface area contributed by atoms with E-state index < -0.39 is 5.41 Å². The molecule has 0 N–H and O–H groups in total. The van der Waals surface area contributed by atoms with Crippen molar-refractivity contribution in [3.05, 3.63) is 222 Å². The molecule has 1 spiro atoms. The normalized spacial score (nSPS) is 13.2. The number of benzene rings is 8. The van der Waals surface area contributed by atoms with E-state index in [1.54, 1.807) is 0 Å². The van der Waals surface area contributed by atoms with Crippen molar-refractivity contribution in [2.75, 3.05) is 4.90 Å². The average molecular weight is 684 g/mol. The van der Waals surface area contributed by atoms with Crippen LogP contribution in [0.25, 0.3) is 22.3 Å². The van der Waals surface area contributed by atoms with Crippen molar-refractivity contribution in [2.24, 2.45) is 0 Å². The summed E-state index contributed by atoms with van der Waals surface area (Å²) in [5.41, 5.74) is 12.6. The van der Waals surface area contributed by atoms with Crippen molar-refractivity contribution in [3.63, 3.8) is 0 Å². The van der Waals surface area contributed by atoms with Gasteiger partial charge in [-0.05, 0) is 94.0 Å². The van der Waals surface area contributed by atoms with E-state index in [-0.39, 0.29) is 0 Å². The minimum absolute atomic E-state index is 0.489. The fraction of sp³-hybridized carbons (Fsp3) is 0.0204. The third-order valence-electron chi connectivity index (χ3n) is 10.4. The van der Waals surface area contributed by atoms with Gasteiger partial charge in [0, 0.05) is 38.0 Å². The first-order chi connectivity index (χ1) is 25.8. The number of para-hydroxylation sites is 3. The summed E-state index contributed by atoms with van der Waals surface area (Å²) in [5, 5.41) is 0. The zero-order chi connectivity index (χ0) is 34.5. The Morgan fingerprint density at radius 3 is 1.42 bits per heavy atom. The Hall–Kier alpha value is -6.29. The van der Waals surface area contributed by atoms with Gasteiger partial charge in [0.2, 0.25) is 0 Å². The molecule has 10 rings (SSSR count). The molecule has 0 radical (unpaired) electrons. The molecule has 0 saturated heterocycles. The topological polar surface area (TPSA) is 12.5 Å². The fourth-order valence-electron chi connectivity index (χ4n) is 8.06. The Bertz CT molecular complexity index is 2500. The van der Waals surface area contributed by atoms with E-state index in [2.05, 4.69) is 205 Å². The molecule has 2 heterocycles. The van der Waals surface area contributed by atoms with Gasteiger partial charge in [0.25, 0.3) is 0 Å². The van der Waals surface area contributed by atoms with Gasteiger partial charge in [0.1, 0.15) is 11.5 Å². The molecule has 2 nitrogen and oxygen atoms in total. The standard InChI is InChI=1S/C49H33NOS/c1-3-13-34(14-4-1)35-23-28-39(29-24-35)50(38-15-5-2-6-16-38)40-30-25-36(26-31-40)37-27-32-44-48(33-37)52-47-22-12-9-19-43(47)49(44)41-17-7-10-20-45(41)51-46-21-11-8-18-42(46)49/h1-33H. The molecule has 0 aromatic heterocycles. The molecule has 8 aromatic rings. The van der Waals surface area contributed by atoms with Crippen LogP contribution in [0.3, 0.4) is 0 Å². The number of anilines is 3. The van der Waals surface area contributed by atoms with E-state index in [1.165, 1.54) is 54.3 Å². The maximum Gasteiger partial charge on any atom is 0.132 e. The van der Waals surface area contributed by atoms with Crippen LogP contribution in [0.2, 0.25) is 0 Å². The lowest BCUT2D eigenvalue weighted by molar-refractivity contribution is 0.431. The van der Waals surface area contributed by atoms with Crippen molar-refractivity contribution in [3.8, 4) is 33.8 Å². The van der Waals surface area contributed by atoms with Crippen LogP contribution in [0.15, 0.2) is 210 Å². The van der Waals surface area contributed by atoms with Crippen LogP contribution in [-0.4, -0.2) is 0 Å². The molecule has 0 fully saturated rings. The Morgan fingerprint density at radius 1 is 0.346 bits per heavy atom. The van der Waals surface area contributed by atoms with Crippen LogP contribution in [-0.2, 0) is 5.41 Å². The van der Waals surface area contributed by atoms with Crippen molar-refractivity contribution in [1.82, 2.24) is 0 Å². The summed E-state index contributed by atoms with van der Waals surface area (Å²) in [5.74, 6) is 1.82. The van der Waals surface area contributed by atoms with Crippen molar-refractivity contribution < 1.29 is 4.74 Å². The first-order valence-corrected chi connectivity index (χ1v) is 18.5. The maximum absolute atomic E-state index is 6.54. The molecule has 2 aliphatic rings. The highest BCUT2D eigenvalue weighted by molar-refractivity contribution is 7.99. The minimum atomic E-state index is -0.489. The van der Waals surface area contributed by atoms with Gasteiger partial charge in [0.15, 0.2) is 0 Å². The van der Waals surface area contributed by atoms with E-state index in [1.807, 2.05) is 11.8 Å². The van der Waals surface area contributed by atoms with Crippen LogP contribution in [0, 0.1) is 0 Å². The Balaban J connectivity index is 1.06. The van der Waals surface area contributed by atoms with Crippen LogP contribution in [0.5, 0.6) is 11.5 Å². The van der Waals surface area contributed by atoms with Gasteiger partial charge in [-0.1, -0.05) is 151 Å². The number of fused-ring (bicyclic) bond motifs is 8. The van der Waals surface area contributed by atoms with E-state index in [0.717, 1.165) is 28.6 Å². The zero-order valence-electron chi connectivity index (χ0n) is 28.3. The molecule has 0 bridgehead atoms. The van der Waals surface area contributed by atoms with E-state index in [0.29, 0.717) is 0 Å². The van der Waals surface area contributed by atoms with Crippen LogP contribution in [0.4, 0.5) is 17.1 Å². The molecule has 0 amide bonds. The summed E-state index contributed by atoms with van der Waals surface area (Å²) in [4.78, 5) is 4.85. The number of hydrogen-bond acceptors (Lipinski definition) is 3. The largest absolute Gasteiger partial charge is 0.457 e. The quantitative estimate of drug-likeness (QED) is 0.179. The van der Waals surface area contributed by atoms with Gasteiger partial charge in [-0.25, -0.2) is 0 Å². The maximum atomic E-state index is 6.54. The molecule has 2 aliphatic heterocycles. The van der Waals surface area contributed by atoms with Gasteiger partial charge >= 0.3 is 0 Å². The van der Waals surface area contributed by atoms with E-state index >= 15 is 0 Å². The molecular weight excluding hydrogens is 651 g/mol. The first-order valence-electron chi connectivity index (χ1n) is 17.7. The number of rotatable bonds is 5. The lowest BCUT2D eigenvalue weighted by atomic mass is 9.63. The number of hydrogen-bond donors (Lipinski definition) is 0. The highest BCUT2D eigenvalue weighted by Gasteiger charge is 2.49. The van der Waals surface area contributed by atoms with E-state index in [9.17, 15) is 0 Å². The second kappa shape index (κ2) is 12.5. The summed E-state index contributed by atoms with van der Waals surface area (Å²) < 4.78 is 6.54. The predicted octanol–water partition coefficient (Wildman–Crippen LogP) is 13.4. The molecule has 3 heteroatoms. The van der Waals surface area contributed by atoms with Crippen LogP contribution >= 0.6 is 11.8 Å². The molecule has 0 saturated carbocycles. The molecule has 0 unspecified atom stereocenters. The molecule has 246 valence electrons. The van der Waals surface area contributed by atoms with Crippen LogP contribution < -0.4 is 9.64 Å². The lowest BCUT2D eigenvalue weighted by Gasteiger charge is -2.45. The number of ether oxygens (including phenoxy) is 1. The van der Waals surface area contributed by atoms with E-state index in [4.69, 9.17) is 4.74 Å². The van der Waals surface area contributed by atoms with Gasteiger partial charge in [-0.3, -0.25) is 0 Å². The Labute approximate surface area is 308 Å². The third kappa shape index (κ3) is 4.89. The van der Waals surface area contributed by atoms with Crippen molar-refractivity contribution >= 4 is 28.8 Å². The second-order valence-electron chi connectivity index (χ2n) is 13.3. The predicted molar refractivity (Wildman–Crippen MR) is 215 cm³/mol. The molecule has 8 aromatic carbocycles. The molecule has 52 heavy (non-hydrogen) atoms. The second-order valence-corrected chi connectivity index (χ2v) is 14.4. The zero-order valence-corrected chi connectivity index (χ0v) is 29.1. The average Bonchev–Trinajstić information content (AvgIpc) is 3.22. The monoisotopic (exact) mass is 683 g/mol. The van der Waals surface area contributed by atoms with Gasteiger partial charge in [-0.2, -0.15) is 0 Å². The molecular formula is C49H33NOS. The minimum Gasteiger partial charge on any atom is -0.457 e. The van der Waals surface area contributed by atoms with Crippen LogP contribution in [0.1, 0.15) is 22.3 Å². The lowest BCUT2D eigenvalue weighted by Crippen LogP contribution is -2.36. The SMILES string of the molecule is c1ccc(-c2ccc(N(c3ccccc3)c3ccc(-c4ccc5c(c4)Sc4ccccc4C54c5ccccc5Oc5ccccc54)cc3)cc2)cc1. The first kappa shape index (κ1) is 30.5. The Morgan fingerprint density at radius 2 is 0.788 bits per heavy atom. The summed E-state index contributed by atoms with van der Waals surface area (Å²) >= 11 is 1.86. The highest BCUT2D eigenvalue weighted by Crippen LogP contribution is 2.61. The van der Waals surface area contributed by atoms with Gasteiger partial charge in [0.05, 0.1) is 5.41 Å². The summed E-state index contributed by atoms with van der Waals surface area (Å²) in [7, 11) is 0. The smallest absolute Gasteiger partial charge is 0.132 e. The fourth-order valence-corrected chi connectivity index (χ4v) is 9.29. The van der Waals surface area contributed by atoms with Crippen molar-refractivity contribution in [1.29, 1.82) is 0 Å². The van der Waals surface area contributed by atoms with Gasteiger partial charge in [-0.15, -0.1) is 0 Å². The summed E-state index contributed by atoms with van der Waals surface area (Å²) in [6.07, 6.45) is 0. The van der Waals surface area contributed by atoms with Gasteiger partial charge < -0.3 is 9.64 Å². The summed E-state index contributed by atoms with van der Waals surface area (Å²) in [6.45, 7) is 0. The van der Waals surface area contributed by atoms with Crippen molar-refractivity contribution in [2.45, 2.75) is 15.2 Å².